The van der Waals surface area contributed by atoms with Crippen molar-refractivity contribution in [1.82, 2.24) is 0 Å². The van der Waals surface area contributed by atoms with Gasteiger partial charge in [-0.25, -0.2) is 0 Å². The van der Waals surface area contributed by atoms with E-state index in [-0.39, 0.29) is 5.91 Å². The summed E-state index contributed by atoms with van der Waals surface area (Å²) in [6, 6.07) is 3.33. The van der Waals surface area contributed by atoms with Crippen LogP contribution in [0.4, 0.5) is 5.69 Å². The van der Waals surface area contributed by atoms with Gasteiger partial charge in [0.2, 0.25) is 5.91 Å². The first-order chi connectivity index (χ1) is 6.54. The molecule has 1 aromatic carbocycles. The maximum Gasteiger partial charge on any atom is 0.221 e. The highest BCUT2D eigenvalue weighted by Gasteiger charge is 2.07. The Kier molecular flexibility index (Phi) is 3.77. The maximum absolute atomic E-state index is 10.8. The van der Waals surface area contributed by atoms with Gasteiger partial charge in [0.1, 0.15) is 5.75 Å². The zero-order valence-corrected chi connectivity index (χ0v) is 10.1. The van der Waals surface area contributed by atoms with Crippen LogP contribution in [0.1, 0.15) is 6.92 Å². The van der Waals surface area contributed by atoms with Gasteiger partial charge in [0.25, 0.3) is 0 Å². The van der Waals surface area contributed by atoms with E-state index in [9.17, 15) is 4.79 Å². The molecule has 0 spiro atoms. The molecule has 5 heteroatoms. The second-order valence-corrected chi connectivity index (χ2v) is 3.91. The summed E-state index contributed by atoms with van der Waals surface area (Å²) in [5.74, 6) is 0.383. The smallest absolute Gasteiger partial charge is 0.221 e. The van der Waals surface area contributed by atoms with Gasteiger partial charge in [-0.1, -0.05) is 11.6 Å². The molecular formula is C9H9BrClNO2. The van der Waals surface area contributed by atoms with E-state index >= 15 is 0 Å². The van der Waals surface area contributed by atoms with Crippen LogP contribution in [0.5, 0.6) is 5.75 Å². The van der Waals surface area contributed by atoms with Crippen molar-refractivity contribution in [2.75, 3.05) is 12.4 Å². The molecule has 76 valence electrons. The van der Waals surface area contributed by atoms with Gasteiger partial charge in [0, 0.05) is 17.5 Å². The lowest BCUT2D eigenvalue weighted by molar-refractivity contribution is -0.114. The SMILES string of the molecule is COc1cc(NC(C)=O)c(Br)cc1Cl. The molecule has 3 nitrogen and oxygen atoms in total. The molecule has 1 rings (SSSR count). The highest BCUT2D eigenvalue weighted by atomic mass is 79.9. The average Bonchev–Trinajstić information content (AvgIpc) is 2.09. The number of carbonyl (C=O) groups excluding carboxylic acids is 1. The van der Waals surface area contributed by atoms with Gasteiger partial charge in [0.05, 0.1) is 17.8 Å². The number of methoxy groups -OCH3 is 1. The van der Waals surface area contributed by atoms with Gasteiger partial charge in [-0.3, -0.25) is 4.79 Å². The quantitative estimate of drug-likeness (QED) is 0.903. The number of halogens is 2. The van der Waals surface area contributed by atoms with Crippen molar-refractivity contribution in [2.24, 2.45) is 0 Å². The van der Waals surface area contributed by atoms with Crippen molar-refractivity contribution in [3.63, 3.8) is 0 Å². The number of ether oxygens (including phenoxy) is 1. The molecule has 0 fully saturated rings. The Morgan fingerprint density at radius 1 is 1.57 bits per heavy atom. The third-order valence-electron chi connectivity index (χ3n) is 1.55. The molecule has 0 saturated carbocycles. The Hall–Kier alpha value is -0.740. The largest absolute Gasteiger partial charge is 0.495 e. The zero-order valence-electron chi connectivity index (χ0n) is 7.73. The monoisotopic (exact) mass is 277 g/mol. The van der Waals surface area contributed by atoms with Crippen molar-refractivity contribution in [2.45, 2.75) is 6.92 Å². The fourth-order valence-electron chi connectivity index (χ4n) is 0.971. The van der Waals surface area contributed by atoms with Crippen LogP contribution in [-0.2, 0) is 4.79 Å². The number of anilines is 1. The Balaban J connectivity index is 3.10. The van der Waals surface area contributed by atoms with E-state index in [1.165, 1.54) is 14.0 Å². The summed E-state index contributed by atoms with van der Waals surface area (Å²) in [5, 5.41) is 3.14. The molecule has 0 aliphatic rings. The first-order valence-corrected chi connectivity index (χ1v) is 5.02. The molecule has 0 atom stereocenters. The predicted octanol–water partition coefficient (Wildman–Crippen LogP) is 3.07. The van der Waals surface area contributed by atoms with Crippen LogP contribution in [0, 0.1) is 0 Å². The molecule has 14 heavy (non-hydrogen) atoms. The maximum atomic E-state index is 10.8. The number of amides is 1. The lowest BCUT2D eigenvalue weighted by Gasteiger charge is -2.09. The van der Waals surface area contributed by atoms with Crippen LogP contribution in [0.2, 0.25) is 5.02 Å². The van der Waals surface area contributed by atoms with E-state index in [1.807, 2.05) is 0 Å². The molecule has 0 aliphatic carbocycles. The van der Waals surface area contributed by atoms with E-state index in [0.717, 1.165) is 4.47 Å². The van der Waals surface area contributed by atoms with Gasteiger partial charge in [0.15, 0.2) is 0 Å². The molecule has 1 N–H and O–H groups in total. The molecule has 0 saturated heterocycles. The fourth-order valence-corrected chi connectivity index (χ4v) is 1.79. The van der Waals surface area contributed by atoms with Crippen LogP contribution in [0.3, 0.4) is 0 Å². The van der Waals surface area contributed by atoms with E-state index < -0.39 is 0 Å². The Labute approximate surface area is 95.5 Å². The molecule has 0 aliphatic heterocycles. The normalized spacial score (nSPS) is 9.71. The van der Waals surface area contributed by atoms with Crippen molar-refractivity contribution < 1.29 is 9.53 Å². The minimum absolute atomic E-state index is 0.143. The lowest BCUT2D eigenvalue weighted by Crippen LogP contribution is -2.06. The minimum atomic E-state index is -0.143. The van der Waals surface area contributed by atoms with Crippen LogP contribution in [0.25, 0.3) is 0 Å². The Bertz CT molecular complexity index is 368. The zero-order chi connectivity index (χ0) is 10.7. The molecular weight excluding hydrogens is 269 g/mol. The second-order valence-electron chi connectivity index (χ2n) is 2.65. The topological polar surface area (TPSA) is 38.3 Å². The molecule has 0 heterocycles. The first kappa shape index (κ1) is 11.3. The molecule has 1 amide bonds. The van der Waals surface area contributed by atoms with Crippen LogP contribution >= 0.6 is 27.5 Å². The number of benzene rings is 1. The first-order valence-electron chi connectivity index (χ1n) is 3.85. The summed E-state index contributed by atoms with van der Waals surface area (Å²) < 4.78 is 5.74. The van der Waals surface area contributed by atoms with Crippen molar-refractivity contribution in [3.8, 4) is 5.75 Å². The van der Waals surface area contributed by atoms with E-state index in [0.29, 0.717) is 16.5 Å². The van der Waals surface area contributed by atoms with Gasteiger partial charge < -0.3 is 10.1 Å². The van der Waals surface area contributed by atoms with E-state index in [2.05, 4.69) is 21.2 Å². The molecule has 0 unspecified atom stereocenters. The molecule has 0 aromatic heterocycles. The standard InChI is InChI=1S/C9H9BrClNO2/c1-5(13)12-8-4-9(14-2)7(11)3-6(8)10/h3-4H,1-2H3,(H,12,13). The molecule has 0 radical (unpaired) electrons. The highest BCUT2D eigenvalue weighted by Crippen LogP contribution is 2.34. The van der Waals surface area contributed by atoms with E-state index in [4.69, 9.17) is 16.3 Å². The fraction of sp³-hybridized carbons (Fsp3) is 0.222. The minimum Gasteiger partial charge on any atom is -0.495 e. The van der Waals surface area contributed by atoms with Crippen molar-refractivity contribution in [1.29, 1.82) is 0 Å². The second kappa shape index (κ2) is 4.66. The highest BCUT2D eigenvalue weighted by molar-refractivity contribution is 9.10. The molecule has 1 aromatic rings. The third-order valence-corrected chi connectivity index (χ3v) is 2.50. The van der Waals surface area contributed by atoms with E-state index in [1.54, 1.807) is 12.1 Å². The number of hydrogen-bond acceptors (Lipinski definition) is 2. The number of carbonyl (C=O) groups is 1. The van der Waals surface area contributed by atoms with Gasteiger partial charge >= 0.3 is 0 Å². The number of hydrogen-bond donors (Lipinski definition) is 1. The Morgan fingerprint density at radius 2 is 2.21 bits per heavy atom. The summed E-state index contributed by atoms with van der Waals surface area (Å²) in [6.45, 7) is 1.44. The summed E-state index contributed by atoms with van der Waals surface area (Å²) in [7, 11) is 1.52. The van der Waals surface area contributed by atoms with Gasteiger partial charge in [-0.15, -0.1) is 0 Å². The van der Waals surface area contributed by atoms with Crippen molar-refractivity contribution >= 4 is 39.1 Å². The van der Waals surface area contributed by atoms with Gasteiger partial charge in [-0.05, 0) is 22.0 Å². The predicted molar refractivity (Wildman–Crippen MR) is 60.0 cm³/mol. The average molecular weight is 279 g/mol. The third kappa shape index (κ3) is 2.62. The van der Waals surface area contributed by atoms with Crippen molar-refractivity contribution in [3.05, 3.63) is 21.6 Å². The van der Waals surface area contributed by atoms with Gasteiger partial charge in [-0.2, -0.15) is 0 Å². The Morgan fingerprint density at radius 3 is 2.71 bits per heavy atom. The number of rotatable bonds is 2. The number of nitrogens with one attached hydrogen (secondary N) is 1. The summed E-state index contributed by atoms with van der Waals surface area (Å²) in [6.07, 6.45) is 0. The van der Waals surface area contributed by atoms with Crippen LogP contribution < -0.4 is 10.1 Å². The summed E-state index contributed by atoms with van der Waals surface area (Å²) in [5.41, 5.74) is 0.638. The summed E-state index contributed by atoms with van der Waals surface area (Å²) >= 11 is 9.15. The lowest BCUT2D eigenvalue weighted by atomic mass is 10.3. The van der Waals surface area contributed by atoms with Crippen LogP contribution in [-0.4, -0.2) is 13.0 Å². The molecule has 0 bridgehead atoms. The summed E-state index contributed by atoms with van der Waals surface area (Å²) in [4.78, 5) is 10.8. The van der Waals surface area contributed by atoms with Crippen LogP contribution in [0.15, 0.2) is 16.6 Å².